The van der Waals surface area contributed by atoms with E-state index in [9.17, 15) is 13.6 Å². The Morgan fingerprint density at radius 2 is 1.93 bits per heavy atom. The van der Waals surface area contributed by atoms with Gasteiger partial charge in [-0.05, 0) is 65.1 Å². The molecule has 2 aromatic carbocycles. The average molecular weight is 662 g/mol. The van der Waals surface area contributed by atoms with Gasteiger partial charge in [-0.3, -0.25) is 10.2 Å². The summed E-state index contributed by atoms with van der Waals surface area (Å²) in [5.74, 6) is -1.48. The van der Waals surface area contributed by atoms with Crippen molar-refractivity contribution < 1.29 is 18.3 Å². The maximum atomic E-state index is 14.1. The van der Waals surface area contributed by atoms with Gasteiger partial charge in [0.15, 0.2) is 17.5 Å². The number of nitrogens with one attached hydrogen (secondary N) is 3. The van der Waals surface area contributed by atoms with Crippen molar-refractivity contribution in [3.63, 3.8) is 0 Å². The molecule has 3 N–H and O–H groups in total. The SMILES string of the molecule is COCCN1C[C@@H](NC(=O)Nc2c(Br)c([C@H]3CCCN3)nn2-c2ccccc2)[C@H](c2ccc(F)c(F)c2)C1.Cl.Cl. The number of ether oxygens (including phenoxy) is 1. The average Bonchev–Trinajstić information content (AvgIpc) is 3.65. The lowest BCUT2D eigenvalue weighted by Gasteiger charge is -2.21. The Morgan fingerprint density at radius 1 is 1.15 bits per heavy atom. The lowest BCUT2D eigenvalue weighted by molar-refractivity contribution is 0.159. The number of carbonyl (C=O) groups excluding carboxylic acids is 1. The summed E-state index contributed by atoms with van der Waals surface area (Å²) in [5.41, 5.74) is 2.30. The van der Waals surface area contributed by atoms with Crippen molar-refractivity contribution in [1.29, 1.82) is 0 Å². The number of nitrogens with zero attached hydrogens (tertiary/aromatic N) is 3. The smallest absolute Gasteiger partial charge is 0.320 e. The number of amides is 2. The van der Waals surface area contributed by atoms with Crippen LogP contribution in [0.5, 0.6) is 0 Å². The number of aromatic nitrogens is 2. The monoisotopic (exact) mass is 660 g/mol. The van der Waals surface area contributed by atoms with E-state index in [4.69, 9.17) is 9.84 Å². The molecule has 0 bridgehead atoms. The number of rotatable bonds is 8. The molecule has 0 aliphatic carbocycles. The molecule has 3 heterocycles. The summed E-state index contributed by atoms with van der Waals surface area (Å²) < 4.78 is 35.3. The van der Waals surface area contributed by atoms with Gasteiger partial charge in [-0.1, -0.05) is 24.3 Å². The number of hydrogen-bond donors (Lipinski definition) is 3. The molecule has 0 saturated carbocycles. The highest BCUT2D eigenvalue weighted by Gasteiger charge is 2.36. The van der Waals surface area contributed by atoms with Gasteiger partial charge in [-0.2, -0.15) is 5.10 Å². The second-order valence-corrected chi connectivity index (χ2v) is 10.5. The van der Waals surface area contributed by atoms with Crippen LogP contribution in [0.1, 0.15) is 36.1 Å². The van der Waals surface area contributed by atoms with Crippen molar-refractivity contribution >= 4 is 52.6 Å². The van der Waals surface area contributed by atoms with E-state index in [1.807, 2.05) is 30.3 Å². The summed E-state index contributed by atoms with van der Waals surface area (Å²) in [6, 6.07) is 12.9. The number of likely N-dealkylation sites (tertiary alicyclic amines) is 1. The number of methoxy groups -OCH3 is 1. The fourth-order valence-corrected chi connectivity index (χ4v) is 5.87. The molecule has 0 radical (unpaired) electrons. The topological polar surface area (TPSA) is 83.4 Å². The first kappa shape index (κ1) is 32.2. The van der Waals surface area contributed by atoms with E-state index < -0.39 is 17.7 Å². The normalized spacial score (nSPS) is 20.6. The highest BCUT2D eigenvalue weighted by Crippen LogP contribution is 2.36. The second kappa shape index (κ2) is 14.6. The number of halogens is 5. The Labute approximate surface area is 253 Å². The molecule has 218 valence electrons. The van der Waals surface area contributed by atoms with Gasteiger partial charge in [0, 0.05) is 32.7 Å². The first-order valence-electron chi connectivity index (χ1n) is 12.8. The Bertz CT molecular complexity index is 1280. The summed E-state index contributed by atoms with van der Waals surface area (Å²) in [7, 11) is 1.63. The van der Waals surface area contributed by atoms with Crippen LogP contribution >= 0.6 is 40.7 Å². The van der Waals surface area contributed by atoms with Gasteiger partial charge in [0.2, 0.25) is 0 Å². The zero-order valence-electron chi connectivity index (χ0n) is 21.9. The van der Waals surface area contributed by atoms with Gasteiger partial charge in [0.05, 0.1) is 34.5 Å². The largest absolute Gasteiger partial charge is 0.383 e. The molecule has 2 aliphatic rings. The number of urea groups is 1. The van der Waals surface area contributed by atoms with E-state index in [1.54, 1.807) is 17.9 Å². The summed E-state index contributed by atoms with van der Waals surface area (Å²) in [6.07, 6.45) is 2.02. The summed E-state index contributed by atoms with van der Waals surface area (Å²) in [6.45, 7) is 3.26. The molecule has 2 amide bonds. The van der Waals surface area contributed by atoms with Gasteiger partial charge in [-0.15, -0.1) is 24.8 Å². The maximum absolute atomic E-state index is 14.1. The van der Waals surface area contributed by atoms with Crippen LogP contribution in [-0.2, 0) is 4.74 Å². The van der Waals surface area contributed by atoms with Crippen LogP contribution in [0.4, 0.5) is 19.4 Å². The van der Waals surface area contributed by atoms with E-state index in [0.29, 0.717) is 37.6 Å². The minimum Gasteiger partial charge on any atom is -0.383 e. The van der Waals surface area contributed by atoms with Crippen LogP contribution < -0.4 is 16.0 Å². The zero-order chi connectivity index (χ0) is 26.6. The van der Waals surface area contributed by atoms with E-state index in [2.05, 4.69) is 36.8 Å². The molecule has 5 rings (SSSR count). The van der Waals surface area contributed by atoms with Crippen molar-refractivity contribution in [2.75, 3.05) is 45.2 Å². The van der Waals surface area contributed by atoms with Crippen LogP contribution in [0.2, 0.25) is 0 Å². The van der Waals surface area contributed by atoms with E-state index >= 15 is 0 Å². The summed E-state index contributed by atoms with van der Waals surface area (Å²) >= 11 is 3.69. The molecule has 2 saturated heterocycles. The van der Waals surface area contributed by atoms with Crippen molar-refractivity contribution in [1.82, 2.24) is 25.3 Å². The van der Waals surface area contributed by atoms with Crippen molar-refractivity contribution in [2.24, 2.45) is 0 Å². The number of benzene rings is 2. The first-order valence-corrected chi connectivity index (χ1v) is 13.5. The second-order valence-electron chi connectivity index (χ2n) is 9.68. The predicted octanol–water partition coefficient (Wildman–Crippen LogP) is 5.42. The third-order valence-corrected chi connectivity index (χ3v) is 7.95. The number of carbonyl (C=O) groups is 1. The van der Waals surface area contributed by atoms with E-state index in [1.165, 1.54) is 6.07 Å². The summed E-state index contributed by atoms with van der Waals surface area (Å²) in [4.78, 5) is 15.5. The van der Waals surface area contributed by atoms with Crippen LogP contribution in [0.25, 0.3) is 5.69 Å². The lowest BCUT2D eigenvalue weighted by atomic mass is 9.94. The van der Waals surface area contributed by atoms with Crippen LogP contribution in [0, 0.1) is 11.6 Å². The Morgan fingerprint density at radius 3 is 2.60 bits per heavy atom. The van der Waals surface area contributed by atoms with Gasteiger partial charge < -0.3 is 15.4 Å². The number of hydrogen-bond acceptors (Lipinski definition) is 5. The van der Waals surface area contributed by atoms with Crippen molar-refractivity contribution in [2.45, 2.75) is 30.8 Å². The lowest BCUT2D eigenvalue weighted by Crippen LogP contribution is -2.42. The number of para-hydroxylation sites is 1. The third kappa shape index (κ3) is 7.13. The van der Waals surface area contributed by atoms with Crippen LogP contribution in [-0.4, -0.2) is 66.6 Å². The highest BCUT2D eigenvalue weighted by atomic mass is 79.9. The third-order valence-electron chi connectivity index (χ3n) is 7.17. The Kier molecular flexibility index (Phi) is 11.7. The van der Waals surface area contributed by atoms with Gasteiger partial charge in [-0.25, -0.2) is 18.3 Å². The fraction of sp³-hybridized carbons (Fsp3) is 0.407. The Hall–Kier alpha value is -2.28. The minimum absolute atomic E-state index is 0. The molecule has 2 fully saturated rings. The molecule has 1 aromatic heterocycles. The zero-order valence-corrected chi connectivity index (χ0v) is 25.1. The molecule has 8 nitrogen and oxygen atoms in total. The molecule has 2 aliphatic heterocycles. The predicted molar refractivity (Wildman–Crippen MR) is 159 cm³/mol. The molecular formula is C27H33BrCl2F2N6O2. The molecule has 3 aromatic rings. The van der Waals surface area contributed by atoms with Crippen LogP contribution in [0.3, 0.4) is 0 Å². The molecule has 40 heavy (non-hydrogen) atoms. The standard InChI is InChI=1S/C27H31BrF2N6O2.2ClH/c1-38-13-12-35-15-19(17-9-10-20(29)21(30)14-17)23(16-35)32-27(37)33-26-24(28)25(22-8-5-11-31-22)34-36(26)18-6-3-2-4-7-18;;/h2-4,6-7,9-10,14,19,22-23,31H,5,8,11-13,15-16H2,1H3,(H2,32,33,37);2*1H/t19-,22+,23+;;/m0../s1. The fourth-order valence-electron chi connectivity index (χ4n) is 5.25. The van der Waals surface area contributed by atoms with Crippen molar-refractivity contribution in [3.05, 3.63) is 75.9 Å². The van der Waals surface area contributed by atoms with E-state index in [0.717, 1.165) is 41.3 Å². The van der Waals surface area contributed by atoms with E-state index in [-0.39, 0.29) is 42.8 Å². The molecule has 0 spiro atoms. The van der Waals surface area contributed by atoms with Gasteiger partial charge in [0.25, 0.3) is 0 Å². The molecular weight excluding hydrogens is 629 g/mol. The molecule has 3 atom stereocenters. The van der Waals surface area contributed by atoms with Gasteiger partial charge >= 0.3 is 6.03 Å². The minimum atomic E-state index is -0.898. The maximum Gasteiger partial charge on any atom is 0.320 e. The van der Waals surface area contributed by atoms with Crippen molar-refractivity contribution in [3.8, 4) is 5.69 Å². The van der Waals surface area contributed by atoms with Crippen LogP contribution in [0.15, 0.2) is 53.0 Å². The molecule has 0 unspecified atom stereocenters. The number of anilines is 1. The molecule has 13 heteroatoms. The quantitative estimate of drug-likeness (QED) is 0.301. The highest BCUT2D eigenvalue weighted by molar-refractivity contribution is 9.10. The summed E-state index contributed by atoms with van der Waals surface area (Å²) in [5, 5.41) is 14.4. The first-order chi connectivity index (χ1) is 18.4. The van der Waals surface area contributed by atoms with Gasteiger partial charge in [0.1, 0.15) is 0 Å². The Balaban J connectivity index is 0.00000220.